The minimum atomic E-state index is 0.825. The molecule has 0 N–H and O–H groups in total. The summed E-state index contributed by atoms with van der Waals surface area (Å²) in [6, 6.07) is 10.9. The smallest absolute Gasteiger partial charge is 0.0480 e. The Morgan fingerprint density at radius 3 is 2.71 bits per heavy atom. The van der Waals surface area contributed by atoms with Crippen molar-refractivity contribution < 1.29 is 0 Å². The van der Waals surface area contributed by atoms with Gasteiger partial charge in [-0.05, 0) is 29.9 Å². The number of para-hydroxylation sites is 1. The van der Waals surface area contributed by atoms with Crippen molar-refractivity contribution in [1.82, 2.24) is 4.57 Å². The molecular formula is C16H23N. The van der Waals surface area contributed by atoms with Crippen molar-refractivity contribution in [1.29, 1.82) is 0 Å². The highest BCUT2D eigenvalue weighted by molar-refractivity contribution is 5.79. The van der Waals surface area contributed by atoms with E-state index in [1.807, 2.05) is 0 Å². The summed E-state index contributed by atoms with van der Waals surface area (Å²) < 4.78 is 2.42. The van der Waals surface area contributed by atoms with Gasteiger partial charge in [0.1, 0.15) is 0 Å². The second kappa shape index (κ2) is 5.90. The van der Waals surface area contributed by atoms with Crippen LogP contribution >= 0.6 is 0 Å². The highest BCUT2D eigenvalue weighted by Crippen LogP contribution is 2.20. The fourth-order valence-electron chi connectivity index (χ4n) is 2.50. The lowest BCUT2D eigenvalue weighted by Gasteiger charge is -2.16. The van der Waals surface area contributed by atoms with Crippen LogP contribution in [0.1, 0.15) is 39.5 Å². The molecule has 2 aromatic rings. The van der Waals surface area contributed by atoms with Gasteiger partial charge < -0.3 is 4.57 Å². The van der Waals surface area contributed by atoms with E-state index in [2.05, 4.69) is 54.9 Å². The van der Waals surface area contributed by atoms with E-state index in [9.17, 15) is 0 Å². The molecule has 1 heterocycles. The summed E-state index contributed by atoms with van der Waals surface area (Å²) in [5.41, 5.74) is 1.38. The van der Waals surface area contributed by atoms with Crippen molar-refractivity contribution in [3.8, 4) is 0 Å². The SMILES string of the molecule is CCCCC(CC)Cn1ccc2ccccc21. The van der Waals surface area contributed by atoms with Crippen LogP contribution in [0, 0.1) is 5.92 Å². The van der Waals surface area contributed by atoms with Gasteiger partial charge in [0.2, 0.25) is 0 Å². The van der Waals surface area contributed by atoms with Gasteiger partial charge in [0.05, 0.1) is 0 Å². The van der Waals surface area contributed by atoms with Gasteiger partial charge >= 0.3 is 0 Å². The molecule has 0 saturated heterocycles. The average molecular weight is 229 g/mol. The Morgan fingerprint density at radius 1 is 1.12 bits per heavy atom. The van der Waals surface area contributed by atoms with Crippen molar-refractivity contribution in [3.05, 3.63) is 36.5 Å². The lowest BCUT2D eigenvalue weighted by atomic mass is 9.99. The van der Waals surface area contributed by atoms with Gasteiger partial charge in [0.15, 0.2) is 0 Å². The van der Waals surface area contributed by atoms with Crippen LogP contribution in [0.3, 0.4) is 0 Å². The van der Waals surface area contributed by atoms with Gasteiger partial charge in [0, 0.05) is 18.3 Å². The van der Waals surface area contributed by atoms with Gasteiger partial charge in [-0.1, -0.05) is 51.3 Å². The van der Waals surface area contributed by atoms with E-state index in [1.54, 1.807) is 0 Å². The first-order valence-corrected chi connectivity index (χ1v) is 6.89. The van der Waals surface area contributed by atoms with Crippen molar-refractivity contribution in [2.45, 2.75) is 46.1 Å². The fourth-order valence-corrected chi connectivity index (χ4v) is 2.50. The Labute approximate surface area is 104 Å². The Hall–Kier alpha value is -1.24. The highest BCUT2D eigenvalue weighted by Gasteiger charge is 2.08. The first-order valence-electron chi connectivity index (χ1n) is 6.89. The number of rotatable bonds is 6. The van der Waals surface area contributed by atoms with Gasteiger partial charge in [0.25, 0.3) is 0 Å². The molecule has 1 aromatic heterocycles. The normalized spacial score (nSPS) is 13.1. The lowest BCUT2D eigenvalue weighted by molar-refractivity contribution is 0.396. The number of hydrogen-bond donors (Lipinski definition) is 0. The first-order chi connectivity index (χ1) is 8.35. The Kier molecular flexibility index (Phi) is 4.24. The molecule has 0 aliphatic rings. The van der Waals surface area contributed by atoms with E-state index in [-0.39, 0.29) is 0 Å². The quantitative estimate of drug-likeness (QED) is 0.666. The Balaban J connectivity index is 2.11. The molecule has 0 spiro atoms. The van der Waals surface area contributed by atoms with E-state index in [4.69, 9.17) is 0 Å². The van der Waals surface area contributed by atoms with Crippen LogP contribution in [0.25, 0.3) is 10.9 Å². The third-order valence-corrected chi connectivity index (χ3v) is 3.68. The molecule has 0 fully saturated rings. The van der Waals surface area contributed by atoms with Crippen LogP contribution < -0.4 is 0 Å². The van der Waals surface area contributed by atoms with Crippen molar-refractivity contribution in [2.24, 2.45) is 5.92 Å². The number of nitrogens with zero attached hydrogens (tertiary/aromatic N) is 1. The van der Waals surface area contributed by atoms with Crippen molar-refractivity contribution in [3.63, 3.8) is 0 Å². The van der Waals surface area contributed by atoms with Crippen LogP contribution in [0.5, 0.6) is 0 Å². The molecule has 1 unspecified atom stereocenters. The molecule has 0 amide bonds. The third-order valence-electron chi connectivity index (χ3n) is 3.68. The van der Waals surface area contributed by atoms with Crippen LogP contribution in [0.4, 0.5) is 0 Å². The minimum Gasteiger partial charge on any atom is -0.347 e. The molecule has 2 rings (SSSR count). The summed E-state index contributed by atoms with van der Waals surface area (Å²) >= 11 is 0. The topological polar surface area (TPSA) is 4.93 Å². The van der Waals surface area contributed by atoms with Crippen molar-refractivity contribution >= 4 is 10.9 Å². The number of aromatic nitrogens is 1. The van der Waals surface area contributed by atoms with Gasteiger partial charge in [-0.15, -0.1) is 0 Å². The van der Waals surface area contributed by atoms with E-state index >= 15 is 0 Å². The molecule has 17 heavy (non-hydrogen) atoms. The summed E-state index contributed by atoms with van der Waals surface area (Å²) in [7, 11) is 0. The van der Waals surface area contributed by atoms with Crippen molar-refractivity contribution in [2.75, 3.05) is 0 Å². The molecule has 1 heteroatoms. The zero-order chi connectivity index (χ0) is 12.1. The summed E-state index contributed by atoms with van der Waals surface area (Å²) in [6.45, 7) is 5.76. The molecule has 0 radical (unpaired) electrons. The summed E-state index contributed by atoms with van der Waals surface area (Å²) in [6.07, 6.45) is 7.55. The summed E-state index contributed by atoms with van der Waals surface area (Å²) in [5, 5.41) is 1.36. The van der Waals surface area contributed by atoms with E-state index in [0.717, 1.165) is 5.92 Å². The van der Waals surface area contributed by atoms with Gasteiger partial charge in [-0.25, -0.2) is 0 Å². The first kappa shape index (κ1) is 12.2. The van der Waals surface area contributed by atoms with Crippen LogP contribution in [0.15, 0.2) is 36.5 Å². The second-order valence-corrected chi connectivity index (χ2v) is 4.94. The van der Waals surface area contributed by atoms with E-state index < -0.39 is 0 Å². The molecule has 0 bridgehead atoms. The minimum absolute atomic E-state index is 0.825. The van der Waals surface area contributed by atoms with Gasteiger partial charge in [-0.3, -0.25) is 0 Å². The molecule has 0 aliphatic carbocycles. The number of fused-ring (bicyclic) bond motifs is 1. The standard InChI is InChI=1S/C16H23N/c1-3-5-8-14(4-2)13-17-12-11-15-9-6-7-10-16(15)17/h6-7,9-12,14H,3-5,8,13H2,1-2H3. The van der Waals surface area contributed by atoms with E-state index in [1.165, 1.54) is 43.1 Å². The van der Waals surface area contributed by atoms with E-state index in [0.29, 0.717) is 0 Å². The molecule has 1 nitrogen and oxygen atoms in total. The highest BCUT2D eigenvalue weighted by atomic mass is 15.0. The van der Waals surface area contributed by atoms with Crippen LogP contribution in [-0.2, 0) is 6.54 Å². The summed E-state index contributed by atoms with van der Waals surface area (Å²) in [4.78, 5) is 0. The van der Waals surface area contributed by atoms with Crippen LogP contribution in [-0.4, -0.2) is 4.57 Å². The maximum atomic E-state index is 2.42. The molecular weight excluding hydrogens is 206 g/mol. The molecule has 1 aromatic carbocycles. The summed E-state index contributed by atoms with van der Waals surface area (Å²) in [5.74, 6) is 0.825. The zero-order valence-corrected chi connectivity index (χ0v) is 11.0. The lowest BCUT2D eigenvalue weighted by Crippen LogP contribution is -2.09. The number of unbranched alkanes of at least 4 members (excludes halogenated alkanes) is 1. The Morgan fingerprint density at radius 2 is 1.94 bits per heavy atom. The second-order valence-electron chi connectivity index (χ2n) is 4.94. The molecule has 0 aliphatic heterocycles. The largest absolute Gasteiger partial charge is 0.347 e. The van der Waals surface area contributed by atoms with Gasteiger partial charge in [-0.2, -0.15) is 0 Å². The number of benzene rings is 1. The zero-order valence-electron chi connectivity index (χ0n) is 11.0. The number of hydrogen-bond acceptors (Lipinski definition) is 0. The maximum Gasteiger partial charge on any atom is 0.0480 e. The average Bonchev–Trinajstić information content (AvgIpc) is 2.78. The maximum absolute atomic E-state index is 2.42. The van der Waals surface area contributed by atoms with Crippen LogP contribution in [0.2, 0.25) is 0 Å². The third kappa shape index (κ3) is 2.91. The molecule has 92 valence electrons. The monoisotopic (exact) mass is 229 g/mol. The molecule has 1 atom stereocenters. The predicted octanol–water partition coefficient (Wildman–Crippen LogP) is 4.86. The molecule has 0 saturated carbocycles. The fraction of sp³-hybridized carbons (Fsp3) is 0.500. The Bertz CT molecular complexity index is 455. The predicted molar refractivity (Wildman–Crippen MR) is 75.2 cm³/mol.